The lowest BCUT2D eigenvalue weighted by Gasteiger charge is -2.29. The summed E-state index contributed by atoms with van der Waals surface area (Å²) in [6, 6.07) is 10.8. The number of hydrogen-bond donors (Lipinski definition) is 0. The van der Waals surface area contributed by atoms with Crippen LogP contribution in [-0.2, 0) is 21.0 Å². The fraction of sp³-hybridized carbons (Fsp3) is 0.235. The minimum atomic E-state index is -0.617. The predicted molar refractivity (Wildman–Crippen MR) is 89.7 cm³/mol. The second-order valence-corrected chi connectivity index (χ2v) is 6.25. The Morgan fingerprint density at radius 1 is 1.33 bits per heavy atom. The first-order valence-corrected chi connectivity index (χ1v) is 8.29. The molecule has 0 bridgehead atoms. The summed E-state index contributed by atoms with van der Waals surface area (Å²) in [4.78, 5) is 31.2. The molecule has 124 valence electrons. The highest BCUT2D eigenvalue weighted by molar-refractivity contribution is 7.12. The Kier molecular flexibility index (Phi) is 4.61. The molecule has 0 saturated heterocycles. The number of amidine groups is 1. The number of nitrogens with zero attached hydrogens (tertiary/aromatic N) is 2. The summed E-state index contributed by atoms with van der Waals surface area (Å²) in [5.74, 6) is 0.474. The van der Waals surface area contributed by atoms with Gasteiger partial charge in [0.05, 0.1) is 11.4 Å². The van der Waals surface area contributed by atoms with Crippen LogP contribution in [0.15, 0.2) is 46.9 Å². The molecule has 2 aromatic rings. The van der Waals surface area contributed by atoms with Gasteiger partial charge in [-0.15, -0.1) is 11.3 Å². The van der Waals surface area contributed by atoms with Crippen molar-refractivity contribution in [2.75, 3.05) is 0 Å². The molecule has 1 unspecified atom stereocenters. The molecule has 1 aromatic carbocycles. The smallest absolute Gasteiger partial charge is 0.308 e. The van der Waals surface area contributed by atoms with Crippen molar-refractivity contribution in [1.82, 2.24) is 4.90 Å². The van der Waals surface area contributed by atoms with Gasteiger partial charge in [-0.25, -0.2) is 0 Å². The minimum Gasteiger partial charge on any atom is -0.427 e. The SMILES string of the molecule is CC(=O)Oc1ccc(CN2C(=O)C(C)ON=C2c2cccs2)cc1. The van der Waals surface area contributed by atoms with Gasteiger partial charge in [-0.1, -0.05) is 23.4 Å². The molecule has 3 rings (SSSR count). The van der Waals surface area contributed by atoms with E-state index in [1.165, 1.54) is 18.3 Å². The first-order chi connectivity index (χ1) is 11.5. The van der Waals surface area contributed by atoms with Gasteiger partial charge in [-0.05, 0) is 36.1 Å². The van der Waals surface area contributed by atoms with E-state index in [0.29, 0.717) is 18.1 Å². The lowest BCUT2D eigenvalue weighted by atomic mass is 10.1. The van der Waals surface area contributed by atoms with Gasteiger partial charge in [0.25, 0.3) is 5.91 Å². The lowest BCUT2D eigenvalue weighted by molar-refractivity contribution is -0.142. The Bertz CT molecular complexity index is 768. The number of ether oxygens (including phenoxy) is 1. The number of thiophene rings is 1. The molecule has 0 N–H and O–H groups in total. The zero-order chi connectivity index (χ0) is 17.1. The molecule has 1 aromatic heterocycles. The quantitative estimate of drug-likeness (QED) is 0.632. The van der Waals surface area contributed by atoms with E-state index in [0.717, 1.165) is 10.4 Å². The first kappa shape index (κ1) is 16.2. The Morgan fingerprint density at radius 2 is 2.08 bits per heavy atom. The van der Waals surface area contributed by atoms with Gasteiger partial charge in [0.1, 0.15) is 5.75 Å². The molecule has 0 aliphatic carbocycles. The van der Waals surface area contributed by atoms with Crippen LogP contribution in [0.3, 0.4) is 0 Å². The zero-order valence-corrected chi connectivity index (χ0v) is 14.1. The Morgan fingerprint density at radius 3 is 2.71 bits per heavy atom. The van der Waals surface area contributed by atoms with Crippen LogP contribution in [-0.4, -0.2) is 28.7 Å². The van der Waals surface area contributed by atoms with Crippen molar-refractivity contribution >= 4 is 29.0 Å². The van der Waals surface area contributed by atoms with Crippen molar-refractivity contribution in [3.8, 4) is 5.75 Å². The highest BCUT2D eigenvalue weighted by Gasteiger charge is 2.32. The molecule has 1 aliphatic rings. The molecule has 6 nitrogen and oxygen atoms in total. The predicted octanol–water partition coefficient (Wildman–Crippen LogP) is 2.78. The average Bonchev–Trinajstić information content (AvgIpc) is 3.07. The van der Waals surface area contributed by atoms with Crippen LogP contribution < -0.4 is 4.74 Å². The maximum atomic E-state index is 12.5. The molecule has 7 heteroatoms. The normalized spacial score (nSPS) is 17.2. The molecular formula is C17H16N2O4S. The highest BCUT2D eigenvalue weighted by atomic mass is 32.1. The van der Waals surface area contributed by atoms with Crippen molar-refractivity contribution in [3.63, 3.8) is 0 Å². The fourth-order valence-corrected chi connectivity index (χ4v) is 3.01. The standard InChI is InChI=1S/C17H16N2O4S/c1-11-17(21)19(16(18-23-11)15-4-3-9-24-15)10-13-5-7-14(8-6-13)22-12(2)20/h3-9,11H,10H2,1-2H3. The fourth-order valence-electron chi connectivity index (χ4n) is 2.30. The number of oxime groups is 1. The number of hydrogen-bond acceptors (Lipinski definition) is 6. The number of carbonyl (C=O) groups is 2. The maximum absolute atomic E-state index is 12.5. The molecule has 0 saturated carbocycles. The van der Waals surface area contributed by atoms with Crippen LogP contribution in [0.25, 0.3) is 0 Å². The molecule has 1 atom stereocenters. The number of carbonyl (C=O) groups excluding carboxylic acids is 2. The molecular weight excluding hydrogens is 328 g/mol. The average molecular weight is 344 g/mol. The van der Waals surface area contributed by atoms with Gasteiger partial charge in [-0.2, -0.15) is 0 Å². The molecule has 0 radical (unpaired) electrons. The summed E-state index contributed by atoms with van der Waals surface area (Å²) in [7, 11) is 0. The molecule has 1 amide bonds. The third-order valence-corrected chi connectivity index (χ3v) is 4.30. The van der Waals surface area contributed by atoms with Crippen molar-refractivity contribution in [2.45, 2.75) is 26.5 Å². The van der Waals surface area contributed by atoms with Gasteiger partial charge in [0.15, 0.2) is 5.84 Å². The summed E-state index contributed by atoms with van der Waals surface area (Å²) >= 11 is 1.49. The lowest BCUT2D eigenvalue weighted by Crippen LogP contribution is -2.46. The summed E-state index contributed by atoms with van der Waals surface area (Å²) in [6.45, 7) is 3.39. The third kappa shape index (κ3) is 3.46. The number of amides is 1. The van der Waals surface area contributed by atoms with Crippen molar-refractivity contribution in [1.29, 1.82) is 0 Å². The molecule has 2 heterocycles. The molecule has 0 fully saturated rings. The Hall–Kier alpha value is -2.67. The van der Waals surface area contributed by atoms with Gasteiger partial charge >= 0.3 is 5.97 Å². The number of benzene rings is 1. The minimum absolute atomic E-state index is 0.141. The van der Waals surface area contributed by atoms with Crippen LogP contribution >= 0.6 is 11.3 Å². The van der Waals surface area contributed by atoms with Crippen LogP contribution in [0.2, 0.25) is 0 Å². The van der Waals surface area contributed by atoms with E-state index in [2.05, 4.69) is 5.16 Å². The van der Waals surface area contributed by atoms with Crippen molar-refractivity contribution in [3.05, 3.63) is 52.2 Å². The van der Waals surface area contributed by atoms with Gasteiger partial charge in [0, 0.05) is 6.92 Å². The molecule has 24 heavy (non-hydrogen) atoms. The number of rotatable bonds is 4. The van der Waals surface area contributed by atoms with E-state index in [1.807, 2.05) is 29.6 Å². The van der Waals surface area contributed by atoms with E-state index < -0.39 is 6.10 Å². The van der Waals surface area contributed by atoms with Crippen LogP contribution in [0.4, 0.5) is 0 Å². The van der Waals surface area contributed by atoms with Crippen LogP contribution in [0.1, 0.15) is 24.3 Å². The zero-order valence-electron chi connectivity index (χ0n) is 13.3. The second-order valence-electron chi connectivity index (χ2n) is 5.30. The Labute approximate surface area is 143 Å². The summed E-state index contributed by atoms with van der Waals surface area (Å²) in [6.07, 6.45) is -0.617. The molecule has 1 aliphatic heterocycles. The maximum Gasteiger partial charge on any atom is 0.308 e. The largest absolute Gasteiger partial charge is 0.427 e. The van der Waals surface area contributed by atoms with E-state index in [1.54, 1.807) is 24.0 Å². The van der Waals surface area contributed by atoms with Gasteiger partial charge in [-0.3, -0.25) is 14.5 Å². The summed E-state index contributed by atoms with van der Waals surface area (Å²) in [5, 5.41) is 6.02. The third-order valence-electron chi connectivity index (χ3n) is 3.43. The Balaban J connectivity index is 1.82. The van der Waals surface area contributed by atoms with Crippen molar-refractivity contribution < 1.29 is 19.2 Å². The monoisotopic (exact) mass is 344 g/mol. The van der Waals surface area contributed by atoms with Gasteiger partial charge < -0.3 is 9.57 Å². The topological polar surface area (TPSA) is 68.2 Å². The van der Waals surface area contributed by atoms with E-state index >= 15 is 0 Å². The van der Waals surface area contributed by atoms with Crippen molar-refractivity contribution in [2.24, 2.45) is 5.16 Å². The summed E-state index contributed by atoms with van der Waals surface area (Å²) < 4.78 is 5.02. The highest BCUT2D eigenvalue weighted by Crippen LogP contribution is 2.22. The molecule has 0 spiro atoms. The van der Waals surface area contributed by atoms with Crippen LogP contribution in [0.5, 0.6) is 5.75 Å². The van der Waals surface area contributed by atoms with E-state index in [-0.39, 0.29) is 11.9 Å². The van der Waals surface area contributed by atoms with Crippen LogP contribution in [0, 0.1) is 0 Å². The number of esters is 1. The van der Waals surface area contributed by atoms with E-state index in [4.69, 9.17) is 9.57 Å². The van der Waals surface area contributed by atoms with Gasteiger partial charge in [0.2, 0.25) is 6.10 Å². The summed E-state index contributed by atoms with van der Waals surface area (Å²) in [5.41, 5.74) is 0.901. The van der Waals surface area contributed by atoms with E-state index in [9.17, 15) is 9.59 Å². The first-order valence-electron chi connectivity index (χ1n) is 7.41. The second kappa shape index (κ2) is 6.84.